The maximum Gasteiger partial charge on any atom is 0.264 e. The number of amides is 2. The molecule has 1 atom stereocenters. The third-order valence-electron chi connectivity index (χ3n) is 7.17. The van der Waals surface area contributed by atoms with Crippen LogP contribution in [0.3, 0.4) is 0 Å². The third-order valence-corrected chi connectivity index (χ3v) is 9.77. The molecule has 0 radical (unpaired) electrons. The van der Waals surface area contributed by atoms with Gasteiger partial charge in [0.05, 0.1) is 15.6 Å². The Morgan fingerprint density at radius 3 is 2.18 bits per heavy atom. The Morgan fingerprint density at radius 1 is 0.911 bits per heavy atom. The van der Waals surface area contributed by atoms with Gasteiger partial charge in [0, 0.05) is 24.0 Å². The molecule has 1 N–H and O–H groups in total. The molecule has 0 heterocycles. The maximum atomic E-state index is 14.4. The highest BCUT2D eigenvalue weighted by molar-refractivity contribution is 9.10. The molecule has 236 valence electrons. The number of halogens is 3. The van der Waals surface area contributed by atoms with E-state index in [0.29, 0.717) is 6.54 Å². The zero-order valence-electron chi connectivity index (χ0n) is 24.7. The van der Waals surface area contributed by atoms with Crippen LogP contribution in [0, 0.1) is 5.82 Å². The first kappa shape index (κ1) is 34.1. The molecule has 11 heteroatoms. The number of nitrogens with one attached hydrogen (secondary N) is 1. The van der Waals surface area contributed by atoms with Crippen molar-refractivity contribution in [1.29, 1.82) is 0 Å². The predicted molar refractivity (Wildman–Crippen MR) is 179 cm³/mol. The molecule has 0 aliphatic heterocycles. The molecule has 0 aliphatic carbocycles. The number of rotatable bonds is 14. The minimum atomic E-state index is -4.32. The fourth-order valence-electron chi connectivity index (χ4n) is 4.74. The predicted octanol–water partition coefficient (Wildman–Crippen LogP) is 6.99. The second kappa shape index (κ2) is 16.0. The van der Waals surface area contributed by atoms with Crippen LogP contribution in [0.15, 0.2) is 112 Å². The van der Waals surface area contributed by atoms with E-state index in [1.165, 1.54) is 29.2 Å². The first-order chi connectivity index (χ1) is 21.6. The number of unbranched alkanes of at least 4 members (excludes halogenated alkanes) is 1. The molecule has 0 spiro atoms. The minimum Gasteiger partial charge on any atom is -0.354 e. The molecule has 0 fully saturated rings. The Morgan fingerprint density at radius 2 is 1.56 bits per heavy atom. The molecule has 2 amide bonds. The molecule has 4 aromatic rings. The third kappa shape index (κ3) is 9.15. The summed E-state index contributed by atoms with van der Waals surface area (Å²) in [6.45, 7) is 1.82. The topological polar surface area (TPSA) is 86.8 Å². The van der Waals surface area contributed by atoms with Crippen molar-refractivity contribution in [3.05, 3.63) is 130 Å². The van der Waals surface area contributed by atoms with Crippen LogP contribution in [-0.4, -0.2) is 44.3 Å². The van der Waals surface area contributed by atoms with Crippen LogP contribution >= 0.6 is 27.5 Å². The van der Waals surface area contributed by atoms with Gasteiger partial charge < -0.3 is 10.2 Å². The maximum absolute atomic E-state index is 14.4. The fourth-order valence-corrected chi connectivity index (χ4v) is 6.60. The van der Waals surface area contributed by atoms with Crippen molar-refractivity contribution < 1.29 is 22.4 Å². The first-order valence-electron chi connectivity index (χ1n) is 14.5. The molecule has 0 aliphatic rings. The first-order valence-corrected chi connectivity index (χ1v) is 17.1. The lowest BCUT2D eigenvalue weighted by atomic mass is 10.0. The number of hydrogen-bond donors (Lipinski definition) is 1. The van der Waals surface area contributed by atoms with Crippen molar-refractivity contribution in [2.24, 2.45) is 0 Å². The second-order valence-corrected chi connectivity index (χ2v) is 13.6. The molecule has 1 unspecified atom stereocenters. The van der Waals surface area contributed by atoms with Gasteiger partial charge >= 0.3 is 0 Å². The van der Waals surface area contributed by atoms with Crippen LogP contribution in [-0.2, 0) is 32.6 Å². The van der Waals surface area contributed by atoms with E-state index in [0.717, 1.165) is 38.8 Å². The molecule has 4 aromatic carbocycles. The normalized spacial score (nSPS) is 11.9. The van der Waals surface area contributed by atoms with E-state index in [1.54, 1.807) is 18.2 Å². The van der Waals surface area contributed by atoms with Gasteiger partial charge in [0.2, 0.25) is 11.8 Å². The van der Waals surface area contributed by atoms with Gasteiger partial charge in [-0.25, -0.2) is 12.8 Å². The highest BCUT2D eigenvalue weighted by Gasteiger charge is 2.34. The van der Waals surface area contributed by atoms with Crippen molar-refractivity contribution in [2.45, 2.75) is 43.7 Å². The summed E-state index contributed by atoms with van der Waals surface area (Å²) in [6, 6.07) is 26.8. The Bertz CT molecular complexity index is 1690. The zero-order valence-corrected chi connectivity index (χ0v) is 27.9. The largest absolute Gasteiger partial charge is 0.354 e. The quantitative estimate of drug-likeness (QED) is 0.143. The van der Waals surface area contributed by atoms with E-state index in [1.807, 2.05) is 61.5 Å². The van der Waals surface area contributed by atoms with E-state index >= 15 is 0 Å². The van der Waals surface area contributed by atoms with Gasteiger partial charge in [-0.1, -0.05) is 102 Å². The van der Waals surface area contributed by atoms with E-state index < -0.39 is 34.3 Å². The molecule has 7 nitrogen and oxygen atoms in total. The molecular formula is C34H34BrClFN3O4S. The van der Waals surface area contributed by atoms with Gasteiger partial charge in [0.25, 0.3) is 10.0 Å². The van der Waals surface area contributed by atoms with E-state index in [-0.39, 0.29) is 34.5 Å². The fraction of sp³-hybridized carbons (Fsp3) is 0.235. The number of carbonyl (C=O) groups is 2. The van der Waals surface area contributed by atoms with Gasteiger partial charge in [-0.3, -0.25) is 13.9 Å². The molecule has 0 saturated carbocycles. The van der Waals surface area contributed by atoms with E-state index in [4.69, 9.17) is 11.6 Å². The lowest BCUT2D eigenvalue weighted by Gasteiger charge is -2.34. The number of anilines is 1. The zero-order chi connectivity index (χ0) is 32.4. The highest BCUT2D eigenvalue weighted by Crippen LogP contribution is 2.28. The van der Waals surface area contributed by atoms with Crippen LogP contribution in [0.4, 0.5) is 10.1 Å². The van der Waals surface area contributed by atoms with Gasteiger partial charge in [0.15, 0.2) is 0 Å². The highest BCUT2D eigenvalue weighted by atomic mass is 79.9. The van der Waals surface area contributed by atoms with E-state index in [9.17, 15) is 22.4 Å². The summed E-state index contributed by atoms with van der Waals surface area (Å²) in [5.74, 6) is -1.70. The lowest BCUT2D eigenvalue weighted by molar-refractivity contribution is -0.140. The van der Waals surface area contributed by atoms with Gasteiger partial charge in [-0.2, -0.15) is 0 Å². The van der Waals surface area contributed by atoms with E-state index in [2.05, 4.69) is 21.2 Å². The number of benzene rings is 4. The van der Waals surface area contributed by atoms with Crippen LogP contribution in [0.2, 0.25) is 5.02 Å². The average Bonchev–Trinajstić information content (AvgIpc) is 3.04. The summed E-state index contributed by atoms with van der Waals surface area (Å²) >= 11 is 9.50. The monoisotopic (exact) mass is 713 g/mol. The van der Waals surface area contributed by atoms with Gasteiger partial charge in [0.1, 0.15) is 18.4 Å². The SMILES string of the molecule is CCCCNC(=O)C(Cc1ccccc1)N(Cc1ccc(Br)cc1)C(=O)CN(c1ccc(F)c(Cl)c1)S(=O)(=O)c1ccccc1. The number of hydrogen-bond acceptors (Lipinski definition) is 4. The van der Waals surface area contributed by atoms with Crippen molar-refractivity contribution in [3.63, 3.8) is 0 Å². The smallest absolute Gasteiger partial charge is 0.264 e. The Kier molecular flexibility index (Phi) is 12.2. The molecule has 4 rings (SSSR count). The number of carbonyl (C=O) groups excluding carboxylic acids is 2. The average molecular weight is 715 g/mol. The van der Waals surface area contributed by atoms with Crippen molar-refractivity contribution in [1.82, 2.24) is 10.2 Å². The van der Waals surface area contributed by atoms with Crippen molar-refractivity contribution >= 4 is 55.1 Å². The summed E-state index contributed by atoms with van der Waals surface area (Å²) in [7, 11) is -4.32. The van der Waals surface area contributed by atoms with Crippen LogP contribution < -0.4 is 9.62 Å². The Balaban J connectivity index is 1.79. The van der Waals surface area contributed by atoms with Crippen molar-refractivity contribution in [3.8, 4) is 0 Å². The minimum absolute atomic E-state index is 0.00852. The summed E-state index contributed by atoms with van der Waals surface area (Å²) in [4.78, 5) is 29.5. The molecule has 0 saturated heterocycles. The van der Waals surface area contributed by atoms with Crippen LogP contribution in [0.1, 0.15) is 30.9 Å². The summed E-state index contributed by atoms with van der Waals surface area (Å²) < 4.78 is 43.9. The summed E-state index contributed by atoms with van der Waals surface area (Å²) in [5, 5.41) is 2.66. The van der Waals surface area contributed by atoms with Gasteiger partial charge in [-0.05, 0) is 60.0 Å². The second-order valence-electron chi connectivity index (χ2n) is 10.4. The van der Waals surface area contributed by atoms with Crippen molar-refractivity contribution in [2.75, 3.05) is 17.4 Å². The number of sulfonamides is 1. The number of nitrogens with zero attached hydrogens (tertiary/aromatic N) is 2. The molecular weight excluding hydrogens is 681 g/mol. The van der Waals surface area contributed by atoms with Crippen LogP contribution in [0.25, 0.3) is 0 Å². The Hall–Kier alpha value is -3.73. The summed E-state index contributed by atoms with van der Waals surface area (Å²) in [5.41, 5.74) is 1.59. The van der Waals surface area contributed by atoms with Gasteiger partial charge in [-0.15, -0.1) is 0 Å². The molecule has 45 heavy (non-hydrogen) atoms. The lowest BCUT2D eigenvalue weighted by Crippen LogP contribution is -2.53. The Labute approximate surface area is 277 Å². The molecule has 0 bridgehead atoms. The standard InChI is InChI=1S/C34H34BrClFN3O4S/c1-2-3-20-38-34(42)32(21-25-10-6-4-7-11-25)39(23-26-14-16-27(35)17-15-26)33(41)24-40(28-18-19-31(37)30(36)22-28)45(43,44)29-12-8-5-9-13-29/h4-19,22,32H,2-3,20-21,23-24H2,1H3,(H,38,42). The molecule has 0 aromatic heterocycles. The summed E-state index contributed by atoms with van der Waals surface area (Å²) in [6.07, 6.45) is 1.84. The van der Waals surface area contributed by atoms with Crippen LogP contribution in [0.5, 0.6) is 0 Å².